The number of nitrogens with two attached hydrogens (primary N) is 1. The number of nitrogens with zero attached hydrogens (tertiary/aromatic N) is 3. The lowest BCUT2D eigenvalue weighted by molar-refractivity contribution is -0.138. The molecule has 1 aliphatic rings. The van der Waals surface area contributed by atoms with Crippen molar-refractivity contribution in [1.82, 2.24) is 9.97 Å². The molecule has 1 aromatic heterocycles. The molecule has 0 radical (unpaired) electrons. The third-order valence-corrected chi connectivity index (χ3v) is 2.80. The lowest BCUT2D eigenvalue weighted by Crippen LogP contribution is -2.24. The summed E-state index contributed by atoms with van der Waals surface area (Å²) in [5.41, 5.74) is 6.96. The van der Waals surface area contributed by atoms with Crippen LogP contribution in [0, 0.1) is 0 Å². The van der Waals surface area contributed by atoms with Gasteiger partial charge in [0, 0.05) is 31.8 Å². The first-order valence-corrected chi connectivity index (χ1v) is 5.53. The summed E-state index contributed by atoms with van der Waals surface area (Å²) in [6, 6.07) is -1.04. The molecule has 3 N–H and O–H groups in total. The standard InChI is InChI=1S/C11H16N4O2/c1-15(2)11-13-5-7(8(12)10(16)17)9(14-11)6-3-4-6/h5-6,8H,3-4,12H2,1-2H3,(H,16,17). The van der Waals surface area contributed by atoms with E-state index in [1.165, 1.54) is 6.20 Å². The van der Waals surface area contributed by atoms with Crippen LogP contribution in [0.1, 0.15) is 36.1 Å². The molecule has 1 unspecified atom stereocenters. The highest BCUT2D eigenvalue weighted by atomic mass is 16.4. The van der Waals surface area contributed by atoms with E-state index in [1.54, 1.807) is 4.90 Å². The van der Waals surface area contributed by atoms with Crippen LogP contribution in [0.3, 0.4) is 0 Å². The number of carboxylic acids is 1. The molecule has 6 heteroatoms. The van der Waals surface area contributed by atoms with E-state index in [0.717, 1.165) is 18.5 Å². The lowest BCUT2D eigenvalue weighted by atomic mass is 10.1. The molecule has 0 bridgehead atoms. The second-order valence-electron chi connectivity index (χ2n) is 4.50. The van der Waals surface area contributed by atoms with Crippen molar-refractivity contribution >= 4 is 11.9 Å². The zero-order chi connectivity index (χ0) is 12.6. The number of carboxylic acid groups (broad SMARTS) is 1. The van der Waals surface area contributed by atoms with Gasteiger partial charge in [0.05, 0.1) is 5.69 Å². The molecule has 0 aromatic carbocycles. The highest BCUT2D eigenvalue weighted by molar-refractivity contribution is 5.75. The average Bonchev–Trinajstić information content (AvgIpc) is 3.10. The third kappa shape index (κ3) is 2.36. The van der Waals surface area contributed by atoms with E-state index >= 15 is 0 Å². The van der Waals surface area contributed by atoms with Gasteiger partial charge >= 0.3 is 5.97 Å². The number of rotatable bonds is 4. The molecule has 0 amide bonds. The van der Waals surface area contributed by atoms with Crippen LogP contribution in [0.4, 0.5) is 5.95 Å². The molecule has 6 nitrogen and oxygen atoms in total. The molecule has 2 rings (SSSR count). The van der Waals surface area contributed by atoms with Crippen molar-refractivity contribution in [3.05, 3.63) is 17.5 Å². The van der Waals surface area contributed by atoms with E-state index in [4.69, 9.17) is 10.8 Å². The topological polar surface area (TPSA) is 92.3 Å². The fourth-order valence-corrected chi connectivity index (χ4v) is 1.67. The van der Waals surface area contributed by atoms with Crippen LogP contribution in [0.25, 0.3) is 0 Å². The van der Waals surface area contributed by atoms with Gasteiger partial charge in [-0.15, -0.1) is 0 Å². The Morgan fingerprint density at radius 1 is 1.59 bits per heavy atom. The van der Waals surface area contributed by atoms with E-state index in [-0.39, 0.29) is 0 Å². The first-order valence-electron chi connectivity index (χ1n) is 5.53. The molecule has 0 aliphatic heterocycles. The fourth-order valence-electron chi connectivity index (χ4n) is 1.67. The summed E-state index contributed by atoms with van der Waals surface area (Å²) in [5, 5.41) is 8.95. The van der Waals surface area contributed by atoms with E-state index in [0.29, 0.717) is 17.4 Å². The van der Waals surface area contributed by atoms with Gasteiger partial charge in [-0.3, -0.25) is 4.79 Å². The van der Waals surface area contributed by atoms with Gasteiger partial charge in [-0.1, -0.05) is 0 Å². The summed E-state index contributed by atoms with van der Waals surface area (Å²) in [5.74, 6) is -0.113. The Morgan fingerprint density at radius 3 is 2.71 bits per heavy atom. The minimum absolute atomic E-state index is 0.345. The van der Waals surface area contributed by atoms with Crippen LogP contribution in [0.15, 0.2) is 6.20 Å². The van der Waals surface area contributed by atoms with E-state index in [1.807, 2.05) is 14.1 Å². The van der Waals surface area contributed by atoms with E-state index < -0.39 is 12.0 Å². The molecular weight excluding hydrogens is 220 g/mol. The molecule has 0 spiro atoms. The maximum absolute atomic E-state index is 10.9. The third-order valence-electron chi connectivity index (χ3n) is 2.80. The zero-order valence-corrected chi connectivity index (χ0v) is 9.92. The number of hydrogen-bond acceptors (Lipinski definition) is 5. The van der Waals surface area contributed by atoms with Crippen molar-refractivity contribution in [3.63, 3.8) is 0 Å². The van der Waals surface area contributed by atoms with Gasteiger partial charge < -0.3 is 15.7 Å². The molecule has 1 heterocycles. The normalized spacial score (nSPS) is 16.6. The van der Waals surface area contributed by atoms with Crippen molar-refractivity contribution in [1.29, 1.82) is 0 Å². The van der Waals surface area contributed by atoms with E-state index in [2.05, 4.69) is 9.97 Å². The average molecular weight is 236 g/mol. The van der Waals surface area contributed by atoms with Crippen molar-refractivity contribution in [3.8, 4) is 0 Å². The van der Waals surface area contributed by atoms with Crippen LogP contribution in [0.5, 0.6) is 0 Å². The molecule has 1 atom stereocenters. The fraction of sp³-hybridized carbons (Fsp3) is 0.545. The number of hydrogen-bond donors (Lipinski definition) is 2. The van der Waals surface area contributed by atoms with Crippen LogP contribution in [0.2, 0.25) is 0 Å². The van der Waals surface area contributed by atoms with Crippen LogP contribution < -0.4 is 10.6 Å². The largest absolute Gasteiger partial charge is 0.480 e. The van der Waals surface area contributed by atoms with Gasteiger partial charge in [0.25, 0.3) is 0 Å². The van der Waals surface area contributed by atoms with Gasteiger partial charge in [0.1, 0.15) is 6.04 Å². The van der Waals surface area contributed by atoms with Crippen molar-refractivity contribution in [2.45, 2.75) is 24.8 Å². The predicted molar refractivity (Wildman–Crippen MR) is 62.9 cm³/mol. The Morgan fingerprint density at radius 2 is 2.24 bits per heavy atom. The molecule has 92 valence electrons. The molecule has 1 aromatic rings. The smallest absolute Gasteiger partial charge is 0.325 e. The quantitative estimate of drug-likeness (QED) is 0.791. The Balaban J connectivity index is 2.41. The molecule has 0 saturated heterocycles. The maximum Gasteiger partial charge on any atom is 0.325 e. The predicted octanol–water partition coefficient (Wildman–Crippen LogP) is 0.504. The SMILES string of the molecule is CN(C)c1ncc(C(N)C(=O)O)c(C2CC2)n1. The summed E-state index contributed by atoms with van der Waals surface area (Å²) in [6.07, 6.45) is 3.63. The molecule has 1 saturated carbocycles. The highest BCUT2D eigenvalue weighted by Gasteiger charge is 2.31. The summed E-state index contributed by atoms with van der Waals surface area (Å²) in [4.78, 5) is 21.2. The van der Waals surface area contributed by atoms with Crippen LogP contribution >= 0.6 is 0 Å². The van der Waals surface area contributed by atoms with Crippen molar-refractivity contribution in [2.24, 2.45) is 5.73 Å². The van der Waals surface area contributed by atoms with E-state index in [9.17, 15) is 4.79 Å². The Labute approximate surface area is 99.5 Å². The second kappa shape index (κ2) is 4.29. The highest BCUT2D eigenvalue weighted by Crippen LogP contribution is 2.41. The summed E-state index contributed by atoms with van der Waals surface area (Å²) >= 11 is 0. The number of anilines is 1. The maximum atomic E-state index is 10.9. The molecular formula is C11H16N4O2. The minimum Gasteiger partial charge on any atom is -0.480 e. The number of aromatic nitrogens is 2. The summed E-state index contributed by atoms with van der Waals surface area (Å²) < 4.78 is 0. The number of carbonyl (C=O) groups is 1. The Bertz CT molecular complexity index is 443. The summed E-state index contributed by atoms with van der Waals surface area (Å²) in [7, 11) is 3.70. The minimum atomic E-state index is -1.05. The number of aliphatic carboxylic acids is 1. The van der Waals surface area contributed by atoms with Crippen molar-refractivity contribution in [2.75, 3.05) is 19.0 Å². The second-order valence-corrected chi connectivity index (χ2v) is 4.50. The molecule has 1 fully saturated rings. The van der Waals surface area contributed by atoms with Crippen LogP contribution in [-0.4, -0.2) is 35.1 Å². The molecule has 1 aliphatic carbocycles. The summed E-state index contributed by atoms with van der Waals surface area (Å²) in [6.45, 7) is 0. The van der Waals surface area contributed by atoms with Gasteiger partial charge in [0.2, 0.25) is 5.95 Å². The van der Waals surface area contributed by atoms with Crippen molar-refractivity contribution < 1.29 is 9.90 Å². The monoisotopic (exact) mass is 236 g/mol. The lowest BCUT2D eigenvalue weighted by Gasteiger charge is -2.15. The van der Waals surface area contributed by atoms with Gasteiger partial charge in [0.15, 0.2) is 0 Å². The first-order chi connectivity index (χ1) is 8.00. The van der Waals surface area contributed by atoms with Crippen LogP contribution in [-0.2, 0) is 4.79 Å². The van der Waals surface area contributed by atoms with Gasteiger partial charge in [-0.2, -0.15) is 0 Å². The zero-order valence-electron chi connectivity index (χ0n) is 9.92. The van der Waals surface area contributed by atoms with Gasteiger partial charge in [-0.25, -0.2) is 9.97 Å². The Kier molecular flexibility index (Phi) is 2.97. The molecule has 17 heavy (non-hydrogen) atoms. The first kappa shape index (κ1) is 11.8. The Hall–Kier alpha value is -1.69. The van der Waals surface area contributed by atoms with Gasteiger partial charge in [-0.05, 0) is 12.8 Å².